The molecule has 0 bridgehead atoms. The van der Waals surface area contributed by atoms with Crippen molar-refractivity contribution in [1.82, 2.24) is 10.2 Å². The molecule has 2 heterocycles. The maximum absolute atomic E-state index is 6.35. The van der Waals surface area contributed by atoms with E-state index in [4.69, 9.17) is 4.74 Å². The van der Waals surface area contributed by atoms with Crippen LogP contribution in [0.3, 0.4) is 0 Å². The van der Waals surface area contributed by atoms with Crippen molar-refractivity contribution in [3.8, 4) is 0 Å². The number of hydrogen-bond donors (Lipinski definition) is 1. The van der Waals surface area contributed by atoms with Crippen LogP contribution in [-0.2, 0) is 4.74 Å². The van der Waals surface area contributed by atoms with Gasteiger partial charge in [0.2, 0.25) is 0 Å². The molecular formula is C18H36N2O. The Bertz CT molecular complexity index is 340. The Kier molecular flexibility index (Phi) is 5.38. The smallest absolute Gasteiger partial charge is 0.0789 e. The van der Waals surface area contributed by atoms with Gasteiger partial charge in [0, 0.05) is 18.1 Å². The third-order valence-corrected chi connectivity index (χ3v) is 5.31. The average molecular weight is 296 g/mol. The highest BCUT2D eigenvalue weighted by atomic mass is 16.5. The summed E-state index contributed by atoms with van der Waals surface area (Å²) in [6.45, 7) is 16.0. The lowest BCUT2D eigenvalue weighted by Crippen LogP contribution is -2.58. The first kappa shape index (κ1) is 17.2. The van der Waals surface area contributed by atoms with Gasteiger partial charge in [0.15, 0.2) is 0 Å². The molecule has 0 radical (unpaired) electrons. The Labute approximate surface area is 131 Å². The summed E-state index contributed by atoms with van der Waals surface area (Å²) in [4.78, 5) is 2.77. The Balaban J connectivity index is 2.11. The zero-order valence-electron chi connectivity index (χ0n) is 15.0. The summed E-state index contributed by atoms with van der Waals surface area (Å²) in [5.74, 6) is 0. The number of ether oxygens (including phenoxy) is 1. The summed E-state index contributed by atoms with van der Waals surface area (Å²) in [6, 6.07) is 1.78. The molecule has 0 aromatic carbocycles. The van der Waals surface area contributed by atoms with E-state index in [2.05, 4.69) is 51.8 Å². The number of nitrogens with one attached hydrogen (secondary N) is 1. The largest absolute Gasteiger partial charge is 0.368 e. The molecule has 0 saturated carbocycles. The third-order valence-electron chi connectivity index (χ3n) is 5.31. The molecule has 0 aliphatic carbocycles. The fourth-order valence-electron chi connectivity index (χ4n) is 4.46. The van der Waals surface area contributed by atoms with Crippen LogP contribution in [0.25, 0.3) is 0 Å². The summed E-state index contributed by atoms with van der Waals surface area (Å²) >= 11 is 0. The molecule has 3 heteroatoms. The molecule has 2 aliphatic rings. The quantitative estimate of drug-likeness (QED) is 0.839. The van der Waals surface area contributed by atoms with Gasteiger partial charge < -0.3 is 10.1 Å². The van der Waals surface area contributed by atoms with Crippen molar-refractivity contribution in [2.75, 3.05) is 13.1 Å². The summed E-state index contributed by atoms with van der Waals surface area (Å²) < 4.78 is 6.35. The highest BCUT2D eigenvalue weighted by Gasteiger charge is 2.50. The first-order chi connectivity index (χ1) is 9.77. The van der Waals surface area contributed by atoms with Gasteiger partial charge in [-0.25, -0.2) is 0 Å². The van der Waals surface area contributed by atoms with Crippen molar-refractivity contribution < 1.29 is 4.74 Å². The molecule has 0 spiro atoms. The van der Waals surface area contributed by atoms with E-state index >= 15 is 0 Å². The van der Waals surface area contributed by atoms with Crippen LogP contribution in [0.4, 0.5) is 0 Å². The van der Waals surface area contributed by atoms with Gasteiger partial charge in [-0.2, -0.15) is 0 Å². The summed E-state index contributed by atoms with van der Waals surface area (Å²) in [7, 11) is 0. The molecule has 21 heavy (non-hydrogen) atoms. The van der Waals surface area contributed by atoms with E-state index in [1.54, 1.807) is 0 Å². The van der Waals surface area contributed by atoms with E-state index in [0.29, 0.717) is 18.1 Å². The molecular weight excluding hydrogens is 260 g/mol. The lowest BCUT2D eigenvalue weighted by Gasteiger charge is -2.46. The zero-order chi connectivity index (χ0) is 15.7. The van der Waals surface area contributed by atoms with Crippen LogP contribution in [0, 0.1) is 0 Å². The van der Waals surface area contributed by atoms with Crippen LogP contribution >= 0.6 is 0 Å². The summed E-state index contributed by atoms with van der Waals surface area (Å²) in [5.41, 5.74) is -0.0280. The normalized spacial score (nSPS) is 34.0. The number of rotatable bonds is 5. The highest BCUT2D eigenvalue weighted by molar-refractivity contribution is 5.03. The second kappa shape index (κ2) is 6.55. The molecule has 2 aliphatic heterocycles. The fourth-order valence-corrected chi connectivity index (χ4v) is 4.46. The Morgan fingerprint density at radius 1 is 1.24 bits per heavy atom. The molecule has 1 N–H and O–H groups in total. The van der Waals surface area contributed by atoms with Crippen LogP contribution in [0.5, 0.6) is 0 Å². The summed E-state index contributed by atoms with van der Waals surface area (Å²) in [5, 5.41) is 3.72. The van der Waals surface area contributed by atoms with Crippen LogP contribution in [0.15, 0.2) is 0 Å². The van der Waals surface area contributed by atoms with Gasteiger partial charge in [-0.1, -0.05) is 13.3 Å². The first-order valence-electron chi connectivity index (χ1n) is 8.96. The predicted molar refractivity (Wildman–Crippen MR) is 89.7 cm³/mol. The van der Waals surface area contributed by atoms with Crippen molar-refractivity contribution in [3.63, 3.8) is 0 Å². The van der Waals surface area contributed by atoms with Gasteiger partial charge in [-0.3, -0.25) is 4.90 Å². The SMILES string of the molecule is CCCNC(C)C1CCCCN1C1CC(C)(C)OC1(C)C. The summed E-state index contributed by atoms with van der Waals surface area (Å²) in [6.07, 6.45) is 6.39. The number of likely N-dealkylation sites (tertiary alicyclic amines) is 1. The Morgan fingerprint density at radius 3 is 2.52 bits per heavy atom. The minimum absolute atomic E-state index is 0.0102. The van der Waals surface area contributed by atoms with Crippen LogP contribution in [0.2, 0.25) is 0 Å². The van der Waals surface area contributed by atoms with Crippen LogP contribution < -0.4 is 5.32 Å². The second-order valence-electron chi connectivity index (χ2n) is 8.23. The van der Waals surface area contributed by atoms with Crippen molar-refractivity contribution in [3.05, 3.63) is 0 Å². The number of nitrogens with zero attached hydrogens (tertiary/aromatic N) is 1. The maximum atomic E-state index is 6.35. The standard InChI is InChI=1S/C18H36N2O/c1-7-11-19-14(2)15-10-8-9-12-20(15)16-13-17(3,4)21-18(16,5)6/h14-16,19H,7-13H2,1-6H3. The van der Waals surface area contributed by atoms with Gasteiger partial charge in [-0.05, 0) is 73.4 Å². The first-order valence-corrected chi connectivity index (χ1v) is 8.96. The monoisotopic (exact) mass is 296 g/mol. The van der Waals surface area contributed by atoms with E-state index in [-0.39, 0.29) is 11.2 Å². The van der Waals surface area contributed by atoms with Crippen molar-refractivity contribution >= 4 is 0 Å². The fraction of sp³-hybridized carbons (Fsp3) is 1.00. The van der Waals surface area contributed by atoms with E-state index in [1.807, 2.05) is 0 Å². The molecule has 3 atom stereocenters. The average Bonchev–Trinajstić information content (AvgIpc) is 2.63. The number of piperidine rings is 1. The maximum Gasteiger partial charge on any atom is 0.0789 e. The van der Waals surface area contributed by atoms with Gasteiger partial charge in [0.05, 0.1) is 11.2 Å². The van der Waals surface area contributed by atoms with E-state index in [0.717, 1.165) is 13.0 Å². The highest BCUT2D eigenvalue weighted by Crippen LogP contribution is 2.42. The predicted octanol–water partition coefficient (Wildman–Crippen LogP) is 3.58. The van der Waals surface area contributed by atoms with E-state index in [9.17, 15) is 0 Å². The van der Waals surface area contributed by atoms with E-state index < -0.39 is 0 Å². The molecule has 0 aromatic rings. The zero-order valence-corrected chi connectivity index (χ0v) is 15.0. The molecule has 0 amide bonds. The lowest BCUT2D eigenvalue weighted by atomic mass is 9.87. The third kappa shape index (κ3) is 4.00. The molecule has 0 aromatic heterocycles. The number of hydrogen-bond acceptors (Lipinski definition) is 3. The van der Waals surface area contributed by atoms with Crippen LogP contribution in [-0.4, -0.2) is 47.3 Å². The molecule has 3 nitrogen and oxygen atoms in total. The Morgan fingerprint density at radius 2 is 1.95 bits per heavy atom. The molecule has 2 fully saturated rings. The minimum atomic E-state index is -0.0381. The second-order valence-corrected chi connectivity index (χ2v) is 8.23. The Hall–Kier alpha value is -0.120. The topological polar surface area (TPSA) is 24.5 Å². The van der Waals surface area contributed by atoms with Crippen molar-refractivity contribution in [2.45, 2.75) is 103 Å². The lowest BCUT2D eigenvalue weighted by molar-refractivity contribution is -0.0880. The van der Waals surface area contributed by atoms with E-state index in [1.165, 1.54) is 32.2 Å². The van der Waals surface area contributed by atoms with Gasteiger partial charge in [0.1, 0.15) is 0 Å². The van der Waals surface area contributed by atoms with Gasteiger partial charge in [-0.15, -0.1) is 0 Å². The minimum Gasteiger partial charge on any atom is -0.368 e. The molecule has 2 saturated heterocycles. The van der Waals surface area contributed by atoms with Crippen molar-refractivity contribution in [1.29, 1.82) is 0 Å². The van der Waals surface area contributed by atoms with Gasteiger partial charge >= 0.3 is 0 Å². The van der Waals surface area contributed by atoms with Gasteiger partial charge in [0.25, 0.3) is 0 Å². The van der Waals surface area contributed by atoms with Crippen molar-refractivity contribution in [2.24, 2.45) is 0 Å². The molecule has 2 rings (SSSR count). The molecule has 3 unspecified atom stereocenters. The molecule has 124 valence electrons. The van der Waals surface area contributed by atoms with Crippen LogP contribution in [0.1, 0.15) is 73.6 Å².